The highest BCUT2D eigenvalue weighted by molar-refractivity contribution is 9.10. The summed E-state index contributed by atoms with van der Waals surface area (Å²) in [6, 6.07) is 11.1. The Hall–Kier alpha value is -2.21. The highest BCUT2D eigenvalue weighted by atomic mass is 79.9. The number of nitrogens with zero attached hydrogens (tertiary/aromatic N) is 2. The van der Waals surface area contributed by atoms with E-state index in [2.05, 4.69) is 26.1 Å². The number of hydrogen-bond donors (Lipinski definition) is 1. The third-order valence-electron chi connectivity index (χ3n) is 2.70. The molecule has 2 aromatic carbocycles. The quantitative estimate of drug-likeness (QED) is 0.769. The first-order chi connectivity index (χ1) is 9.63. The molecule has 0 saturated heterocycles. The lowest BCUT2D eigenvalue weighted by atomic mass is 10.2. The van der Waals surface area contributed by atoms with E-state index in [-0.39, 0.29) is 11.6 Å². The second-order valence-corrected chi connectivity index (χ2v) is 4.96. The Morgan fingerprint density at radius 3 is 2.70 bits per heavy atom. The summed E-state index contributed by atoms with van der Waals surface area (Å²) < 4.78 is 19.0. The summed E-state index contributed by atoms with van der Waals surface area (Å²) in [5, 5.41) is 13.2. The largest absolute Gasteiger partial charge is 0.508 e. The van der Waals surface area contributed by atoms with Crippen LogP contribution in [0.25, 0.3) is 22.8 Å². The number of benzene rings is 2. The van der Waals surface area contributed by atoms with E-state index in [1.807, 2.05) is 0 Å². The molecule has 3 rings (SSSR count). The van der Waals surface area contributed by atoms with Crippen LogP contribution in [0.15, 0.2) is 51.5 Å². The predicted octanol–water partition coefficient (Wildman–Crippen LogP) is 4.01. The Kier molecular flexibility index (Phi) is 3.23. The topological polar surface area (TPSA) is 59.2 Å². The third-order valence-corrected chi connectivity index (χ3v) is 3.34. The molecule has 20 heavy (non-hydrogen) atoms. The summed E-state index contributed by atoms with van der Waals surface area (Å²) in [4.78, 5) is 4.19. The van der Waals surface area contributed by atoms with Gasteiger partial charge in [-0.25, -0.2) is 4.39 Å². The van der Waals surface area contributed by atoms with Crippen LogP contribution in [-0.4, -0.2) is 15.2 Å². The van der Waals surface area contributed by atoms with Crippen LogP contribution in [0.2, 0.25) is 0 Å². The zero-order valence-corrected chi connectivity index (χ0v) is 11.6. The first-order valence-corrected chi connectivity index (χ1v) is 6.51. The average Bonchev–Trinajstić information content (AvgIpc) is 2.92. The van der Waals surface area contributed by atoms with E-state index < -0.39 is 5.82 Å². The molecule has 0 aliphatic rings. The normalized spacial score (nSPS) is 10.7. The molecule has 0 aliphatic carbocycles. The Balaban J connectivity index is 1.99. The van der Waals surface area contributed by atoms with Gasteiger partial charge in [-0.1, -0.05) is 17.3 Å². The molecule has 0 spiro atoms. The van der Waals surface area contributed by atoms with Gasteiger partial charge < -0.3 is 9.63 Å². The molecule has 0 radical (unpaired) electrons. The van der Waals surface area contributed by atoms with Crippen molar-refractivity contribution in [2.75, 3.05) is 0 Å². The van der Waals surface area contributed by atoms with Crippen LogP contribution in [0, 0.1) is 5.82 Å². The van der Waals surface area contributed by atoms with E-state index in [0.717, 1.165) is 0 Å². The Bertz CT molecular complexity index is 773. The molecule has 3 aromatic rings. The van der Waals surface area contributed by atoms with Gasteiger partial charge in [0.25, 0.3) is 5.89 Å². The van der Waals surface area contributed by atoms with Crippen LogP contribution < -0.4 is 0 Å². The van der Waals surface area contributed by atoms with E-state index in [9.17, 15) is 9.50 Å². The van der Waals surface area contributed by atoms with Gasteiger partial charge in [-0.3, -0.25) is 0 Å². The van der Waals surface area contributed by atoms with Crippen LogP contribution in [0.5, 0.6) is 5.75 Å². The Morgan fingerprint density at radius 1 is 1.10 bits per heavy atom. The van der Waals surface area contributed by atoms with Crippen molar-refractivity contribution in [2.45, 2.75) is 0 Å². The summed E-state index contributed by atoms with van der Waals surface area (Å²) in [6.45, 7) is 0. The van der Waals surface area contributed by atoms with Gasteiger partial charge in [0, 0.05) is 11.1 Å². The lowest BCUT2D eigenvalue weighted by molar-refractivity contribution is 0.432. The fraction of sp³-hybridized carbons (Fsp3) is 0. The number of phenolic OH excluding ortho intramolecular Hbond substituents is 1. The number of halogens is 2. The Morgan fingerprint density at radius 2 is 1.95 bits per heavy atom. The number of aromatic hydroxyl groups is 1. The minimum atomic E-state index is -0.403. The van der Waals surface area contributed by atoms with Crippen molar-refractivity contribution in [1.82, 2.24) is 10.1 Å². The number of rotatable bonds is 2. The second-order valence-electron chi connectivity index (χ2n) is 4.10. The third kappa shape index (κ3) is 2.42. The molecule has 0 atom stereocenters. The second kappa shape index (κ2) is 5.05. The van der Waals surface area contributed by atoms with E-state index in [1.165, 1.54) is 12.1 Å². The van der Waals surface area contributed by atoms with Crippen LogP contribution >= 0.6 is 15.9 Å². The molecule has 0 unspecified atom stereocenters. The van der Waals surface area contributed by atoms with Crippen molar-refractivity contribution in [3.63, 3.8) is 0 Å². The molecule has 1 heterocycles. The van der Waals surface area contributed by atoms with E-state index in [0.29, 0.717) is 21.4 Å². The molecule has 0 amide bonds. The maximum absolute atomic E-state index is 13.5. The zero-order valence-electron chi connectivity index (χ0n) is 10.0. The van der Waals surface area contributed by atoms with Crippen LogP contribution in [0.1, 0.15) is 0 Å². The Labute approximate surface area is 122 Å². The fourth-order valence-corrected chi connectivity index (χ4v) is 1.98. The van der Waals surface area contributed by atoms with Gasteiger partial charge in [-0.2, -0.15) is 4.98 Å². The summed E-state index contributed by atoms with van der Waals surface area (Å²) in [7, 11) is 0. The molecule has 0 aliphatic heterocycles. The SMILES string of the molecule is Oc1cccc(-c2noc(-c3ccc(Br)c(F)c3)n2)c1. The lowest BCUT2D eigenvalue weighted by Gasteiger charge is -1.96. The number of aromatic nitrogens is 2. The molecule has 6 heteroatoms. The van der Waals surface area contributed by atoms with Gasteiger partial charge in [0.2, 0.25) is 5.82 Å². The molecule has 0 saturated carbocycles. The lowest BCUT2D eigenvalue weighted by Crippen LogP contribution is -1.83. The minimum Gasteiger partial charge on any atom is -0.508 e. The zero-order chi connectivity index (χ0) is 14.1. The van der Waals surface area contributed by atoms with Crippen molar-refractivity contribution in [3.8, 4) is 28.6 Å². The molecule has 100 valence electrons. The molecule has 1 N–H and O–H groups in total. The smallest absolute Gasteiger partial charge is 0.258 e. The summed E-state index contributed by atoms with van der Waals surface area (Å²) in [6.07, 6.45) is 0. The van der Waals surface area contributed by atoms with Gasteiger partial charge >= 0.3 is 0 Å². The predicted molar refractivity (Wildman–Crippen MR) is 74.5 cm³/mol. The summed E-state index contributed by atoms with van der Waals surface area (Å²) in [5.41, 5.74) is 1.11. The first kappa shape index (κ1) is 12.8. The van der Waals surface area contributed by atoms with E-state index >= 15 is 0 Å². The van der Waals surface area contributed by atoms with Crippen molar-refractivity contribution >= 4 is 15.9 Å². The number of hydrogen-bond acceptors (Lipinski definition) is 4. The van der Waals surface area contributed by atoms with Crippen LogP contribution in [-0.2, 0) is 0 Å². The minimum absolute atomic E-state index is 0.114. The summed E-state index contributed by atoms with van der Waals surface area (Å²) in [5.74, 6) is 0.261. The van der Waals surface area contributed by atoms with Crippen LogP contribution in [0.3, 0.4) is 0 Å². The van der Waals surface area contributed by atoms with Gasteiger partial charge in [0.05, 0.1) is 4.47 Å². The van der Waals surface area contributed by atoms with Crippen LogP contribution in [0.4, 0.5) is 4.39 Å². The average molecular weight is 335 g/mol. The highest BCUT2D eigenvalue weighted by Crippen LogP contribution is 2.26. The monoisotopic (exact) mass is 334 g/mol. The molecule has 0 fully saturated rings. The molecule has 0 bridgehead atoms. The fourth-order valence-electron chi connectivity index (χ4n) is 1.73. The maximum Gasteiger partial charge on any atom is 0.258 e. The van der Waals surface area contributed by atoms with Gasteiger partial charge in [-0.05, 0) is 46.3 Å². The molecular weight excluding hydrogens is 327 g/mol. The van der Waals surface area contributed by atoms with E-state index in [4.69, 9.17) is 4.52 Å². The maximum atomic E-state index is 13.5. The molecule has 4 nitrogen and oxygen atoms in total. The highest BCUT2D eigenvalue weighted by Gasteiger charge is 2.12. The van der Waals surface area contributed by atoms with Crippen molar-refractivity contribution < 1.29 is 14.0 Å². The summed E-state index contributed by atoms with van der Waals surface area (Å²) >= 11 is 3.08. The standard InChI is InChI=1S/C14H8BrFN2O2/c15-11-5-4-9(7-12(11)16)14-17-13(18-20-14)8-2-1-3-10(19)6-8/h1-7,19H. The van der Waals surface area contributed by atoms with Crippen molar-refractivity contribution in [1.29, 1.82) is 0 Å². The molecule has 1 aromatic heterocycles. The van der Waals surface area contributed by atoms with Gasteiger partial charge in [0.15, 0.2) is 0 Å². The van der Waals surface area contributed by atoms with Gasteiger partial charge in [0.1, 0.15) is 11.6 Å². The van der Waals surface area contributed by atoms with Gasteiger partial charge in [-0.15, -0.1) is 0 Å². The van der Waals surface area contributed by atoms with Crippen molar-refractivity contribution in [3.05, 3.63) is 52.8 Å². The van der Waals surface area contributed by atoms with Crippen molar-refractivity contribution in [2.24, 2.45) is 0 Å². The van der Waals surface area contributed by atoms with E-state index in [1.54, 1.807) is 30.3 Å². The first-order valence-electron chi connectivity index (χ1n) is 5.72. The molecular formula is C14H8BrFN2O2. The number of phenols is 1.